The summed E-state index contributed by atoms with van der Waals surface area (Å²) in [6, 6.07) is 0. The fourth-order valence-electron chi connectivity index (χ4n) is 1.72. The van der Waals surface area contributed by atoms with Crippen LogP contribution < -0.4 is 0 Å². The molecule has 1 aliphatic heterocycles. The molecule has 0 aromatic carbocycles. The van der Waals surface area contributed by atoms with Crippen LogP contribution in [0.15, 0.2) is 0 Å². The molecule has 2 nitrogen and oxygen atoms in total. The first-order chi connectivity index (χ1) is 6.64. The number of rotatable bonds is 6. The second-order valence-electron chi connectivity index (χ2n) is 4.46. The van der Waals surface area contributed by atoms with Crippen molar-refractivity contribution in [1.82, 2.24) is 0 Å². The Bertz CT molecular complexity index is 159. The second-order valence-corrected chi connectivity index (χ2v) is 5.61. The Kier molecular flexibility index (Phi) is 5.28. The molecule has 0 N–H and O–H groups in total. The van der Waals surface area contributed by atoms with Crippen LogP contribution in [0.2, 0.25) is 0 Å². The minimum atomic E-state index is 0.123. The highest BCUT2D eigenvalue weighted by molar-refractivity contribution is 7.99. The van der Waals surface area contributed by atoms with Gasteiger partial charge < -0.3 is 9.47 Å². The largest absolute Gasteiger partial charge is 0.385 e. The lowest BCUT2D eigenvalue weighted by molar-refractivity contribution is -0.00466. The molecule has 1 fully saturated rings. The van der Waals surface area contributed by atoms with Gasteiger partial charge in [-0.3, -0.25) is 0 Å². The number of thioether (sulfide) groups is 1. The molecule has 1 heterocycles. The van der Waals surface area contributed by atoms with Crippen LogP contribution in [-0.4, -0.2) is 36.9 Å². The molecular weight excluding hydrogens is 196 g/mol. The highest BCUT2D eigenvalue weighted by atomic mass is 32.2. The third-order valence-corrected chi connectivity index (χ3v) is 3.68. The minimum Gasteiger partial charge on any atom is -0.385 e. The molecule has 1 saturated heterocycles. The lowest BCUT2D eigenvalue weighted by Crippen LogP contribution is -2.21. The van der Waals surface area contributed by atoms with E-state index in [-0.39, 0.29) is 5.60 Å². The summed E-state index contributed by atoms with van der Waals surface area (Å²) in [4.78, 5) is 0. The maximum atomic E-state index is 5.90. The summed E-state index contributed by atoms with van der Waals surface area (Å²) >= 11 is 1.99. The Morgan fingerprint density at radius 3 is 2.86 bits per heavy atom. The second kappa shape index (κ2) is 5.99. The Balaban J connectivity index is 1.98. The van der Waals surface area contributed by atoms with E-state index in [1.807, 2.05) is 11.8 Å². The molecule has 84 valence electrons. The Morgan fingerprint density at radius 2 is 2.29 bits per heavy atom. The van der Waals surface area contributed by atoms with E-state index in [1.54, 1.807) is 7.11 Å². The van der Waals surface area contributed by atoms with Crippen molar-refractivity contribution in [2.24, 2.45) is 0 Å². The van der Waals surface area contributed by atoms with E-state index in [4.69, 9.17) is 9.47 Å². The van der Waals surface area contributed by atoms with Crippen LogP contribution in [0.3, 0.4) is 0 Å². The molecule has 0 unspecified atom stereocenters. The molecule has 0 aliphatic carbocycles. The van der Waals surface area contributed by atoms with Gasteiger partial charge in [-0.05, 0) is 38.9 Å². The summed E-state index contributed by atoms with van der Waals surface area (Å²) in [6.07, 6.45) is 4.07. The maximum Gasteiger partial charge on any atom is 0.0673 e. The SMILES string of the molecule is COCCCSC[C@@H]1CCC(C)(C)O1. The molecule has 0 spiro atoms. The number of hydrogen-bond donors (Lipinski definition) is 0. The molecule has 3 heteroatoms. The van der Waals surface area contributed by atoms with Gasteiger partial charge in [-0.15, -0.1) is 0 Å². The summed E-state index contributed by atoms with van der Waals surface area (Å²) < 4.78 is 10.9. The van der Waals surface area contributed by atoms with Gasteiger partial charge in [0.2, 0.25) is 0 Å². The number of ether oxygens (including phenoxy) is 2. The van der Waals surface area contributed by atoms with Gasteiger partial charge in [0, 0.05) is 19.5 Å². The zero-order valence-electron chi connectivity index (χ0n) is 9.54. The van der Waals surface area contributed by atoms with Crippen molar-refractivity contribution in [2.45, 2.75) is 44.8 Å². The third kappa shape index (κ3) is 4.67. The molecule has 0 aromatic rings. The van der Waals surface area contributed by atoms with Crippen LogP contribution in [-0.2, 0) is 9.47 Å². The monoisotopic (exact) mass is 218 g/mol. The average Bonchev–Trinajstić information content (AvgIpc) is 2.45. The van der Waals surface area contributed by atoms with Gasteiger partial charge in [0.15, 0.2) is 0 Å². The zero-order chi connectivity index (χ0) is 10.4. The summed E-state index contributed by atoms with van der Waals surface area (Å²) in [5.41, 5.74) is 0.123. The first-order valence-corrected chi connectivity index (χ1v) is 6.54. The molecule has 0 radical (unpaired) electrons. The van der Waals surface area contributed by atoms with Gasteiger partial charge in [-0.1, -0.05) is 0 Å². The van der Waals surface area contributed by atoms with E-state index >= 15 is 0 Å². The molecule has 0 bridgehead atoms. The average molecular weight is 218 g/mol. The van der Waals surface area contributed by atoms with Crippen LogP contribution in [0, 0.1) is 0 Å². The topological polar surface area (TPSA) is 18.5 Å². The fraction of sp³-hybridized carbons (Fsp3) is 1.00. The number of hydrogen-bond acceptors (Lipinski definition) is 3. The Morgan fingerprint density at radius 1 is 1.50 bits per heavy atom. The highest BCUT2D eigenvalue weighted by Gasteiger charge is 2.31. The Labute approximate surface area is 91.7 Å². The third-order valence-electron chi connectivity index (χ3n) is 2.49. The van der Waals surface area contributed by atoms with Gasteiger partial charge >= 0.3 is 0 Å². The molecule has 1 rings (SSSR count). The van der Waals surface area contributed by atoms with E-state index < -0.39 is 0 Å². The fourth-order valence-corrected chi connectivity index (χ4v) is 2.70. The van der Waals surface area contributed by atoms with Crippen molar-refractivity contribution in [1.29, 1.82) is 0 Å². The van der Waals surface area contributed by atoms with Gasteiger partial charge in [-0.25, -0.2) is 0 Å². The van der Waals surface area contributed by atoms with Gasteiger partial charge in [0.25, 0.3) is 0 Å². The van der Waals surface area contributed by atoms with Crippen molar-refractivity contribution in [3.63, 3.8) is 0 Å². The molecule has 0 saturated carbocycles. The quantitative estimate of drug-likeness (QED) is 0.639. The van der Waals surface area contributed by atoms with E-state index in [9.17, 15) is 0 Å². The van der Waals surface area contributed by atoms with Crippen molar-refractivity contribution in [2.75, 3.05) is 25.2 Å². The lowest BCUT2D eigenvalue weighted by Gasteiger charge is -2.18. The van der Waals surface area contributed by atoms with Crippen molar-refractivity contribution >= 4 is 11.8 Å². The van der Waals surface area contributed by atoms with Gasteiger partial charge in [0.05, 0.1) is 11.7 Å². The Hall–Kier alpha value is 0.270. The molecule has 1 atom stereocenters. The zero-order valence-corrected chi connectivity index (χ0v) is 10.4. The van der Waals surface area contributed by atoms with Crippen LogP contribution >= 0.6 is 11.8 Å². The van der Waals surface area contributed by atoms with Gasteiger partial charge in [-0.2, -0.15) is 11.8 Å². The molecule has 0 aromatic heterocycles. The molecule has 14 heavy (non-hydrogen) atoms. The summed E-state index contributed by atoms with van der Waals surface area (Å²) in [7, 11) is 1.76. The van der Waals surface area contributed by atoms with E-state index in [0.29, 0.717) is 6.10 Å². The highest BCUT2D eigenvalue weighted by Crippen LogP contribution is 2.30. The summed E-state index contributed by atoms with van der Waals surface area (Å²) in [6.45, 7) is 5.25. The molecule has 1 aliphatic rings. The first kappa shape index (κ1) is 12.3. The predicted molar refractivity (Wildman–Crippen MR) is 62.0 cm³/mol. The predicted octanol–water partition coefficient (Wildman–Crippen LogP) is 2.71. The molecular formula is C11H22O2S. The van der Waals surface area contributed by atoms with E-state index in [2.05, 4.69) is 13.8 Å². The van der Waals surface area contributed by atoms with Crippen molar-refractivity contribution in [3.8, 4) is 0 Å². The van der Waals surface area contributed by atoms with Crippen molar-refractivity contribution < 1.29 is 9.47 Å². The van der Waals surface area contributed by atoms with Crippen LogP contribution in [0.5, 0.6) is 0 Å². The summed E-state index contributed by atoms with van der Waals surface area (Å²) in [5, 5.41) is 0. The lowest BCUT2D eigenvalue weighted by atomic mass is 10.1. The number of methoxy groups -OCH3 is 1. The van der Waals surface area contributed by atoms with Crippen LogP contribution in [0.1, 0.15) is 33.1 Å². The first-order valence-electron chi connectivity index (χ1n) is 5.38. The van der Waals surface area contributed by atoms with E-state index in [0.717, 1.165) is 18.8 Å². The van der Waals surface area contributed by atoms with Gasteiger partial charge in [0.1, 0.15) is 0 Å². The smallest absolute Gasteiger partial charge is 0.0673 e. The maximum absolute atomic E-state index is 5.90. The van der Waals surface area contributed by atoms with Crippen LogP contribution in [0.25, 0.3) is 0 Å². The molecule has 0 amide bonds. The standard InChI is InChI=1S/C11H22O2S/c1-11(2)6-5-10(13-11)9-14-8-4-7-12-3/h10H,4-9H2,1-3H3/t10-/m0/s1. The summed E-state index contributed by atoms with van der Waals surface area (Å²) in [5.74, 6) is 2.33. The van der Waals surface area contributed by atoms with Crippen LogP contribution in [0.4, 0.5) is 0 Å². The van der Waals surface area contributed by atoms with Crippen molar-refractivity contribution in [3.05, 3.63) is 0 Å². The minimum absolute atomic E-state index is 0.123. The normalized spacial score (nSPS) is 25.5. The van der Waals surface area contributed by atoms with E-state index in [1.165, 1.54) is 18.6 Å².